The highest BCUT2D eigenvalue weighted by molar-refractivity contribution is 5.94. The van der Waals surface area contributed by atoms with Crippen LogP contribution in [0.1, 0.15) is 21.5 Å². The second kappa shape index (κ2) is 9.35. The zero-order valence-electron chi connectivity index (χ0n) is 17.1. The van der Waals surface area contributed by atoms with Crippen molar-refractivity contribution < 1.29 is 22.7 Å². The smallest absolute Gasteiger partial charge is 0.417 e. The molecular weight excluding hydrogens is 421 g/mol. The number of ether oxygens (including phenoxy) is 1. The Balaban J connectivity index is 1.30. The molecule has 3 heterocycles. The Hall–Kier alpha value is -3.46. The van der Waals surface area contributed by atoms with E-state index < -0.39 is 11.7 Å². The van der Waals surface area contributed by atoms with E-state index >= 15 is 0 Å². The summed E-state index contributed by atoms with van der Waals surface area (Å²) in [6.07, 6.45) is -0.128. The van der Waals surface area contributed by atoms with Crippen molar-refractivity contribution >= 4 is 5.91 Å². The maximum atomic E-state index is 12.8. The third-order valence-corrected chi connectivity index (χ3v) is 5.18. The van der Waals surface area contributed by atoms with Gasteiger partial charge in [0, 0.05) is 62.9 Å². The number of pyridine rings is 2. The number of halogens is 3. The van der Waals surface area contributed by atoms with E-state index in [4.69, 9.17) is 4.74 Å². The van der Waals surface area contributed by atoms with Gasteiger partial charge in [-0.05, 0) is 42.0 Å². The summed E-state index contributed by atoms with van der Waals surface area (Å²) in [7, 11) is 0. The van der Waals surface area contributed by atoms with Gasteiger partial charge in [0.25, 0.3) is 5.91 Å². The van der Waals surface area contributed by atoms with E-state index in [1.807, 2.05) is 23.2 Å². The molecule has 4 rings (SSSR count). The van der Waals surface area contributed by atoms with Gasteiger partial charge >= 0.3 is 6.18 Å². The zero-order chi connectivity index (χ0) is 22.6. The molecule has 1 aromatic carbocycles. The Bertz CT molecular complexity index is 1030. The van der Waals surface area contributed by atoms with Crippen LogP contribution in [-0.4, -0.2) is 51.9 Å². The zero-order valence-corrected chi connectivity index (χ0v) is 17.1. The SMILES string of the molecule is O=C(c1ccc(Oc2ccc(C(F)(F)F)cn2)cc1)N1CCN(Cc2cccnc2)CC1. The number of rotatable bonds is 5. The first-order chi connectivity index (χ1) is 15.4. The summed E-state index contributed by atoms with van der Waals surface area (Å²) >= 11 is 0. The monoisotopic (exact) mass is 442 g/mol. The fourth-order valence-corrected chi connectivity index (χ4v) is 3.44. The summed E-state index contributed by atoms with van der Waals surface area (Å²) < 4.78 is 43.3. The quantitative estimate of drug-likeness (QED) is 0.592. The standard InChI is InChI=1S/C23H21F3N4O2/c24-23(25,26)19-5-8-21(28-15-19)32-20-6-3-18(4-7-20)22(31)30-12-10-29(11-13-30)16-17-2-1-9-27-14-17/h1-9,14-15H,10-13,16H2. The molecule has 1 amide bonds. The number of amides is 1. The lowest BCUT2D eigenvalue weighted by Gasteiger charge is -2.34. The van der Waals surface area contributed by atoms with Crippen LogP contribution in [0, 0.1) is 0 Å². The predicted molar refractivity (Wildman–Crippen MR) is 111 cm³/mol. The fourth-order valence-electron chi connectivity index (χ4n) is 3.44. The summed E-state index contributed by atoms with van der Waals surface area (Å²) in [6, 6.07) is 12.5. The van der Waals surface area contributed by atoms with Crippen LogP contribution >= 0.6 is 0 Å². The summed E-state index contributed by atoms with van der Waals surface area (Å²) in [6.45, 7) is 3.63. The molecule has 3 aromatic rings. The molecule has 32 heavy (non-hydrogen) atoms. The average Bonchev–Trinajstić information content (AvgIpc) is 2.80. The summed E-state index contributed by atoms with van der Waals surface area (Å²) in [5.74, 6) is 0.363. The Morgan fingerprint density at radius 2 is 1.72 bits per heavy atom. The Morgan fingerprint density at radius 3 is 2.31 bits per heavy atom. The molecule has 0 atom stereocenters. The largest absolute Gasteiger partial charge is 0.439 e. The molecule has 166 valence electrons. The van der Waals surface area contributed by atoms with Crippen molar-refractivity contribution in [3.8, 4) is 11.6 Å². The molecule has 0 aliphatic carbocycles. The topological polar surface area (TPSA) is 58.6 Å². The van der Waals surface area contributed by atoms with Gasteiger partial charge in [-0.15, -0.1) is 0 Å². The number of hydrogen-bond acceptors (Lipinski definition) is 5. The Morgan fingerprint density at radius 1 is 0.969 bits per heavy atom. The number of alkyl halides is 3. The summed E-state index contributed by atoms with van der Waals surface area (Å²) in [4.78, 5) is 24.7. The van der Waals surface area contributed by atoms with Crippen molar-refractivity contribution in [2.45, 2.75) is 12.7 Å². The van der Waals surface area contributed by atoms with Gasteiger partial charge in [-0.3, -0.25) is 14.7 Å². The number of carbonyl (C=O) groups is 1. The molecule has 2 aromatic heterocycles. The molecule has 1 aliphatic rings. The molecule has 0 unspecified atom stereocenters. The maximum absolute atomic E-state index is 12.8. The number of hydrogen-bond donors (Lipinski definition) is 0. The number of piperazine rings is 1. The van der Waals surface area contributed by atoms with Gasteiger partial charge in [-0.2, -0.15) is 13.2 Å². The number of carbonyl (C=O) groups excluding carboxylic acids is 1. The van der Waals surface area contributed by atoms with Gasteiger partial charge in [0.1, 0.15) is 5.75 Å². The van der Waals surface area contributed by atoms with Crippen molar-refractivity contribution in [2.24, 2.45) is 0 Å². The molecule has 1 aliphatic heterocycles. The van der Waals surface area contributed by atoms with Gasteiger partial charge < -0.3 is 9.64 Å². The van der Waals surface area contributed by atoms with Gasteiger partial charge in [-0.1, -0.05) is 6.07 Å². The van der Waals surface area contributed by atoms with E-state index in [1.165, 1.54) is 0 Å². The maximum Gasteiger partial charge on any atom is 0.417 e. The lowest BCUT2D eigenvalue weighted by atomic mass is 10.1. The minimum atomic E-state index is -4.45. The Kier molecular flexibility index (Phi) is 6.36. The highest BCUT2D eigenvalue weighted by Crippen LogP contribution is 2.30. The number of aromatic nitrogens is 2. The minimum Gasteiger partial charge on any atom is -0.439 e. The molecule has 0 N–H and O–H groups in total. The summed E-state index contributed by atoms with van der Waals surface area (Å²) in [5.41, 5.74) is 0.829. The van der Waals surface area contributed by atoms with Crippen molar-refractivity contribution in [1.82, 2.24) is 19.8 Å². The first-order valence-electron chi connectivity index (χ1n) is 10.1. The molecule has 0 spiro atoms. The third-order valence-electron chi connectivity index (χ3n) is 5.18. The van der Waals surface area contributed by atoms with Crippen LogP contribution in [0.3, 0.4) is 0 Å². The van der Waals surface area contributed by atoms with E-state index in [-0.39, 0.29) is 11.8 Å². The van der Waals surface area contributed by atoms with Crippen LogP contribution in [0.15, 0.2) is 67.1 Å². The molecule has 0 radical (unpaired) electrons. The second-order valence-corrected chi connectivity index (χ2v) is 7.44. The number of benzene rings is 1. The van der Waals surface area contributed by atoms with Gasteiger partial charge in [0.15, 0.2) is 0 Å². The van der Waals surface area contributed by atoms with E-state index in [9.17, 15) is 18.0 Å². The first-order valence-corrected chi connectivity index (χ1v) is 10.1. The van der Waals surface area contributed by atoms with Gasteiger partial charge in [-0.25, -0.2) is 4.98 Å². The lowest BCUT2D eigenvalue weighted by Crippen LogP contribution is -2.48. The second-order valence-electron chi connectivity index (χ2n) is 7.44. The molecule has 6 nitrogen and oxygen atoms in total. The fraction of sp³-hybridized carbons (Fsp3) is 0.261. The average molecular weight is 442 g/mol. The van der Waals surface area contributed by atoms with Crippen molar-refractivity contribution in [2.75, 3.05) is 26.2 Å². The van der Waals surface area contributed by atoms with Crippen LogP contribution < -0.4 is 4.74 Å². The van der Waals surface area contributed by atoms with E-state index in [0.29, 0.717) is 24.4 Å². The van der Waals surface area contributed by atoms with Crippen LogP contribution in [0.2, 0.25) is 0 Å². The van der Waals surface area contributed by atoms with Crippen LogP contribution in [0.5, 0.6) is 11.6 Å². The molecule has 9 heteroatoms. The third kappa shape index (κ3) is 5.42. The van der Waals surface area contributed by atoms with Crippen LogP contribution in [0.25, 0.3) is 0 Å². The molecule has 0 bridgehead atoms. The normalized spacial score (nSPS) is 14.9. The highest BCUT2D eigenvalue weighted by Gasteiger charge is 2.30. The van der Waals surface area contributed by atoms with Crippen LogP contribution in [0.4, 0.5) is 13.2 Å². The molecular formula is C23H21F3N4O2. The van der Waals surface area contributed by atoms with Crippen molar-refractivity contribution in [1.29, 1.82) is 0 Å². The Labute approximate surface area is 183 Å². The predicted octanol–water partition coefficient (Wildman–Crippen LogP) is 4.25. The molecule has 1 saturated heterocycles. The van der Waals surface area contributed by atoms with Gasteiger partial charge in [0.2, 0.25) is 5.88 Å². The lowest BCUT2D eigenvalue weighted by molar-refractivity contribution is -0.137. The highest BCUT2D eigenvalue weighted by atomic mass is 19.4. The van der Waals surface area contributed by atoms with E-state index in [2.05, 4.69) is 14.9 Å². The van der Waals surface area contributed by atoms with Crippen molar-refractivity contribution in [3.63, 3.8) is 0 Å². The summed E-state index contributed by atoms with van der Waals surface area (Å²) in [5, 5.41) is 0. The van der Waals surface area contributed by atoms with Crippen molar-refractivity contribution in [3.05, 3.63) is 83.8 Å². The van der Waals surface area contributed by atoms with Gasteiger partial charge in [0.05, 0.1) is 5.56 Å². The van der Waals surface area contributed by atoms with Crippen LogP contribution in [-0.2, 0) is 12.7 Å². The van der Waals surface area contributed by atoms with E-state index in [0.717, 1.165) is 43.5 Å². The first kappa shape index (κ1) is 21.8. The van der Waals surface area contributed by atoms with E-state index in [1.54, 1.807) is 30.5 Å². The molecule has 0 saturated carbocycles. The molecule has 1 fully saturated rings. The minimum absolute atomic E-state index is 0.0433. The number of nitrogens with zero attached hydrogens (tertiary/aromatic N) is 4.